The number of nitrogens with zero attached hydrogens (tertiary/aromatic N) is 3. The minimum atomic E-state index is -4.41. The summed E-state index contributed by atoms with van der Waals surface area (Å²) >= 11 is 5.87. The fourth-order valence-corrected chi connectivity index (χ4v) is 3.78. The van der Waals surface area contributed by atoms with Crippen LogP contribution in [0.15, 0.2) is 57.5 Å². The summed E-state index contributed by atoms with van der Waals surface area (Å²) in [6.07, 6.45) is -1.62. The van der Waals surface area contributed by atoms with Gasteiger partial charge in [-0.15, -0.1) is 21.8 Å². The van der Waals surface area contributed by atoms with Gasteiger partial charge in [-0.1, -0.05) is 12.1 Å². The van der Waals surface area contributed by atoms with E-state index in [0.29, 0.717) is 53.1 Å². The minimum Gasteiger partial charge on any atom is -0.496 e. The second kappa shape index (κ2) is 9.89. The molecule has 0 N–H and O–H groups in total. The molecule has 0 saturated heterocycles. The van der Waals surface area contributed by atoms with E-state index in [1.807, 2.05) is 0 Å². The molecule has 6 nitrogen and oxygen atoms in total. The lowest BCUT2D eigenvalue weighted by atomic mass is 9.93. The highest BCUT2D eigenvalue weighted by Crippen LogP contribution is 2.37. The van der Waals surface area contributed by atoms with Crippen LogP contribution in [0.2, 0.25) is 0 Å². The van der Waals surface area contributed by atoms with Crippen LogP contribution in [0.4, 0.5) is 13.2 Å². The average Bonchev–Trinajstić information content (AvgIpc) is 3.48. The first-order valence-electron chi connectivity index (χ1n) is 10.5. The SMILES string of the molecule is COc1cc(-c2nnc(C(CCCCl)c3ccc(C(F)(F)F)cc3)o2)ccc1-c1cnc(C)o1. The first-order valence-corrected chi connectivity index (χ1v) is 11.0. The second-order valence-corrected chi connectivity index (χ2v) is 7.99. The van der Waals surface area contributed by atoms with Gasteiger partial charge in [0.15, 0.2) is 11.7 Å². The molecule has 4 rings (SSSR count). The first kappa shape index (κ1) is 23.8. The van der Waals surface area contributed by atoms with Gasteiger partial charge in [-0.25, -0.2) is 4.98 Å². The molecule has 0 radical (unpaired) electrons. The van der Waals surface area contributed by atoms with Crippen molar-refractivity contribution >= 4 is 11.6 Å². The van der Waals surface area contributed by atoms with Gasteiger partial charge in [0, 0.05) is 18.4 Å². The molecule has 1 unspecified atom stereocenters. The van der Waals surface area contributed by atoms with Crippen molar-refractivity contribution in [2.45, 2.75) is 31.9 Å². The summed E-state index contributed by atoms with van der Waals surface area (Å²) in [7, 11) is 1.54. The van der Waals surface area contributed by atoms with Crippen LogP contribution in [-0.2, 0) is 6.18 Å². The Morgan fingerprint density at radius 1 is 1.06 bits per heavy atom. The highest BCUT2D eigenvalue weighted by atomic mass is 35.5. The highest BCUT2D eigenvalue weighted by molar-refractivity contribution is 6.17. The summed E-state index contributed by atoms with van der Waals surface area (Å²) in [4.78, 5) is 4.11. The number of benzene rings is 2. The van der Waals surface area contributed by atoms with Gasteiger partial charge in [0.2, 0.25) is 11.8 Å². The number of alkyl halides is 4. The van der Waals surface area contributed by atoms with E-state index in [9.17, 15) is 13.2 Å². The lowest BCUT2D eigenvalue weighted by Gasteiger charge is -2.14. The standard InChI is InChI=1S/C24H21ClF3N3O3/c1-14-29-13-21(33-14)19-10-7-16(12-20(19)32-2)22-30-31-23(34-22)18(4-3-11-25)15-5-8-17(9-6-15)24(26,27)28/h5-10,12-13,18H,3-4,11H2,1-2H3. The van der Waals surface area contributed by atoms with Crippen molar-refractivity contribution in [3.8, 4) is 28.5 Å². The second-order valence-electron chi connectivity index (χ2n) is 7.61. The maximum absolute atomic E-state index is 13.0. The van der Waals surface area contributed by atoms with Crippen molar-refractivity contribution in [1.82, 2.24) is 15.2 Å². The Balaban J connectivity index is 1.64. The number of oxazole rings is 1. The zero-order valence-electron chi connectivity index (χ0n) is 18.4. The molecule has 178 valence electrons. The summed E-state index contributed by atoms with van der Waals surface area (Å²) in [5, 5.41) is 8.34. The van der Waals surface area contributed by atoms with Crippen LogP contribution < -0.4 is 4.74 Å². The Morgan fingerprint density at radius 2 is 1.82 bits per heavy atom. The lowest BCUT2D eigenvalue weighted by Crippen LogP contribution is -2.07. The van der Waals surface area contributed by atoms with E-state index in [-0.39, 0.29) is 11.8 Å². The average molecular weight is 492 g/mol. The molecule has 0 aliphatic carbocycles. The summed E-state index contributed by atoms with van der Waals surface area (Å²) < 4.78 is 55.9. The van der Waals surface area contributed by atoms with Crippen LogP contribution >= 0.6 is 11.6 Å². The van der Waals surface area contributed by atoms with E-state index < -0.39 is 11.7 Å². The Morgan fingerprint density at radius 3 is 2.44 bits per heavy atom. The molecule has 0 aliphatic rings. The monoisotopic (exact) mass is 491 g/mol. The van der Waals surface area contributed by atoms with Gasteiger partial charge in [0.25, 0.3) is 0 Å². The van der Waals surface area contributed by atoms with E-state index in [0.717, 1.165) is 17.7 Å². The van der Waals surface area contributed by atoms with E-state index in [4.69, 9.17) is 25.2 Å². The summed E-state index contributed by atoms with van der Waals surface area (Å²) in [5.41, 5.74) is 1.27. The maximum Gasteiger partial charge on any atom is 0.416 e. The van der Waals surface area contributed by atoms with Gasteiger partial charge in [0.1, 0.15) is 5.75 Å². The van der Waals surface area contributed by atoms with Gasteiger partial charge in [0.05, 0.1) is 30.4 Å². The predicted molar refractivity (Wildman–Crippen MR) is 120 cm³/mol. The van der Waals surface area contributed by atoms with Crippen molar-refractivity contribution in [3.63, 3.8) is 0 Å². The largest absolute Gasteiger partial charge is 0.496 e. The molecule has 1 atom stereocenters. The smallest absolute Gasteiger partial charge is 0.416 e. The van der Waals surface area contributed by atoms with Crippen LogP contribution in [0.25, 0.3) is 22.8 Å². The van der Waals surface area contributed by atoms with Crippen LogP contribution in [-0.4, -0.2) is 28.2 Å². The topological polar surface area (TPSA) is 74.2 Å². The molecule has 2 aromatic carbocycles. The number of rotatable bonds is 8. The van der Waals surface area contributed by atoms with Crippen molar-refractivity contribution in [2.75, 3.05) is 13.0 Å². The summed E-state index contributed by atoms with van der Waals surface area (Å²) in [6.45, 7) is 1.75. The van der Waals surface area contributed by atoms with Gasteiger partial charge < -0.3 is 13.6 Å². The third-order valence-corrected chi connectivity index (χ3v) is 5.61. The van der Waals surface area contributed by atoms with E-state index in [1.165, 1.54) is 19.2 Å². The summed E-state index contributed by atoms with van der Waals surface area (Å²) in [6, 6.07) is 10.3. The normalized spacial score (nSPS) is 12.6. The fraction of sp³-hybridized carbons (Fsp3) is 0.292. The molecule has 0 saturated carbocycles. The zero-order chi connectivity index (χ0) is 24.3. The molecule has 2 heterocycles. The fourth-order valence-electron chi connectivity index (χ4n) is 3.62. The lowest BCUT2D eigenvalue weighted by molar-refractivity contribution is -0.137. The number of aryl methyl sites for hydroxylation is 1. The Labute approximate surface area is 198 Å². The van der Waals surface area contributed by atoms with Gasteiger partial charge in [-0.3, -0.25) is 0 Å². The predicted octanol–water partition coefficient (Wildman–Crippen LogP) is 6.88. The first-order chi connectivity index (χ1) is 16.3. The van der Waals surface area contributed by atoms with Gasteiger partial charge in [-0.2, -0.15) is 13.2 Å². The van der Waals surface area contributed by atoms with E-state index >= 15 is 0 Å². The number of methoxy groups -OCH3 is 1. The number of ether oxygens (including phenoxy) is 1. The van der Waals surface area contributed by atoms with Crippen molar-refractivity contribution < 1.29 is 26.7 Å². The third-order valence-electron chi connectivity index (χ3n) is 5.34. The van der Waals surface area contributed by atoms with Gasteiger partial charge >= 0.3 is 6.18 Å². The molecule has 0 bridgehead atoms. The van der Waals surface area contributed by atoms with Crippen LogP contribution in [0.5, 0.6) is 5.75 Å². The van der Waals surface area contributed by atoms with E-state index in [1.54, 1.807) is 31.3 Å². The molecule has 0 aliphatic heterocycles. The summed E-state index contributed by atoms with van der Waals surface area (Å²) in [5.74, 6) is 2.21. The van der Waals surface area contributed by atoms with Crippen LogP contribution in [0.3, 0.4) is 0 Å². The Kier molecular flexibility index (Phi) is 6.92. The minimum absolute atomic E-state index is 0.261. The van der Waals surface area contributed by atoms with Crippen LogP contribution in [0.1, 0.15) is 41.7 Å². The van der Waals surface area contributed by atoms with Crippen LogP contribution in [0, 0.1) is 6.92 Å². The van der Waals surface area contributed by atoms with Gasteiger partial charge in [-0.05, 0) is 48.7 Å². The molecule has 0 fully saturated rings. The number of aromatic nitrogens is 3. The molecular weight excluding hydrogens is 471 g/mol. The molecular formula is C24H21ClF3N3O3. The zero-order valence-corrected chi connectivity index (χ0v) is 19.2. The van der Waals surface area contributed by atoms with Crippen molar-refractivity contribution in [2.24, 2.45) is 0 Å². The van der Waals surface area contributed by atoms with Crippen molar-refractivity contribution in [3.05, 3.63) is 71.6 Å². The number of hydrogen-bond donors (Lipinski definition) is 0. The molecule has 2 aromatic heterocycles. The molecule has 0 amide bonds. The molecule has 0 spiro atoms. The Bertz CT molecular complexity index is 1250. The molecule has 34 heavy (non-hydrogen) atoms. The third kappa shape index (κ3) is 5.09. The molecule has 4 aromatic rings. The Hall–Kier alpha value is -3.33. The molecule has 10 heteroatoms. The number of hydrogen-bond acceptors (Lipinski definition) is 6. The van der Waals surface area contributed by atoms with E-state index in [2.05, 4.69) is 15.2 Å². The quantitative estimate of drug-likeness (QED) is 0.250. The number of halogens is 4. The highest BCUT2D eigenvalue weighted by Gasteiger charge is 2.31. The maximum atomic E-state index is 13.0. The van der Waals surface area contributed by atoms with Crippen molar-refractivity contribution in [1.29, 1.82) is 0 Å².